The number of nitrogens with one attached hydrogen (secondary N) is 1. The zero-order valence-corrected chi connectivity index (χ0v) is 16.3. The first-order chi connectivity index (χ1) is 13.0. The molecule has 0 saturated carbocycles. The van der Waals surface area contributed by atoms with Crippen molar-refractivity contribution in [3.63, 3.8) is 0 Å². The summed E-state index contributed by atoms with van der Waals surface area (Å²) in [4.78, 5) is 1.73. The summed E-state index contributed by atoms with van der Waals surface area (Å²) in [5.41, 5.74) is 0.916. The van der Waals surface area contributed by atoms with Crippen LogP contribution >= 0.6 is 23.4 Å². The third kappa shape index (κ3) is 3.98. The lowest BCUT2D eigenvalue weighted by Crippen LogP contribution is -2.12. The molecule has 4 aromatic rings. The first-order valence-electron chi connectivity index (χ1n) is 8.05. The minimum atomic E-state index is -3.90. The zero-order chi connectivity index (χ0) is 18.9. The maximum Gasteiger partial charge on any atom is 0.295 e. The van der Waals surface area contributed by atoms with Gasteiger partial charge in [-0.2, -0.15) is 8.42 Å². The van der Waals surface area contributed by atoms with E-state index in [4.69, 9.17) is 16.0 Å². The van der Waals surface area contributed by atoms with E-state index in [0.717, 1.165) is 15.2 Å². The van der Waals surface area contributed by atoms with E-state index >= 15 is 0 Å². The summed E-state index contributed by atoms with van der Waals surface area (Å²) in [5, 5.41) is 1.02. The monoisotopic (exact) mass is 415 g/mol. The predicted octanol–water partition coefficient (Wildman–Crippen LogP) is 6.04. The van der Waals surface area contributed by atoms with Crippen LogP contribution in [0.2, 0.25) is 5.02 Å². The van der Waals surface area contributed by atoms with Crippen molar-refractivity contribution in [2.75, 3.05) is 4.72 Å². The van der Waals surface area contributed by atoms with Crippen molar-refractivity contribution < 1.29 is 12.8 Å². The second-order valence-electron chi connectivity index (χ2n) is 5.76. The number of hydrogen-bond donors (Lipinski definition) is 1. The van der Waals surface area contributed by atoms with Gasteiger partial charge in [0.2, 0.25) is 5.09 Å². The molecule has 0 amide bonds. The molecule has 0 fully saturated rings. The molecule has 27 heavy (non-hydrogen) atoms. The minimum Gasteiger partial charge on any atom is -0.443 e. The number of benzene rings is 3. The maximum atomic E-state index is 12.8. The normalized spacial score (nSPS) is 11.6. The molecular formula is C20H14ClNO3S2. The number of anilines is 1. The van der Waals surface area contributed by atoms with Crippen molar-refractivity contribution in [1.82, 2.24) is 0 Å². The standard InChI is InChI=1S/C20H14ClNO3S2/c21-15-10-11-19(26-16-7-2-1-3-8-16)17(13-15)22-27(23,24)20-12-14-6-4-5-9-18(14)25-20/h1-13,22H. The largest absolute Gasteiger partial charge is 0.443 e. The third-order valence-electron chi connectivity index (χ3n) is 3.82. The third-order valence-corrected chi connectivity index (χ3v) is 6.36. The van der Waals surface area contributed by atoms with E-state index in [9.17, 15) is 8.42 Å². The van der Waals surface area contributed by atoms with E-state index in [1.807, 2.05) is 36.4 Å². The molecule has 4 rings (SSSR count). The lowest BCUT2D eigenvalue weighted by Gasteiger charge is -2.11. The molecule has 1 heterocycles. The highest BCUT2D eigenvalue weighted by Crippen LogP contribution is 2.36. The summed E-state index contributed by atoms with van der Waals surface area (Å²) in [7, 11) is -3.90. The Morgan fingerprint density at radius 1 is 0.889 bits per heavy atom. The van der Waals surface area contributed by atoms with E-state index in [1.165, 1.54) is 17.8 Å². The van der Waals surface area contributed by atoms with Gasteiger partial charge in [-0.15, -0.1) is 0 Å². The molecule has 1 N–H and O–H groups in total. The van der Waals surface area contributed by atoms with Crippen LogP contribution in [0.15, 0.2) is 98.2 Å². The Morgan fingerprint density at radius 3 is 2.41 bits per heavy atom. The highest BCUT2D eigenvalue weighted by atomic mass is 35.5. The van der Waals surface area contributed by atoms with Gasteiger partial charge in [-0.3, -0.25) is 4.72 Å². The van der Waals surface area contributed by atoms with E-state index in [0.29, 0.717) is 16.3 Å². The molecule has 0 unspecified atom stereocenters. The molecule has 0 radical (unpaired) electrons. The van der Waals surface area contributed by atoms with Crippen molar-refractivity contribution >= 4 is 50.0 Å². The molecule has 0 atom stereocenters. The molecule has 0 aliphatic heterocycles. The Bertz CT molecular complexity index is 1170. The van der Waals surface area contributed by atoms with E-state index in [2.05, 4.69) is 4.72 Å². The average Bonchev–Trinajstić information content (AvgIpc) is 3.10. The van der Waals surface area contributed by atoms with Crippen LogP contribution in [0, 0.1) is 0 Å². The Kier molecular flexibility index (Phi) is 4.86. The number of halogens is 1. The van der Waals surface area contributed by atoms with Crippen molar-refractivity contribution in [2.24, 2.45) is 0 Å². The fourth-order valence-electron chi connectivity index (χ4n) is 2.57. The highest BCUT2D eigenvalue weighted by Gasteiger charge is 2.21. The van der Waals surface area contributed by atoms with Crippen LogP contribution in [-0.4, -0.2) is 8.42 Å². The van der Waals surface area contributed by atoms with Crippen LogP contribution in [-0.2, 0) is 10.0 Å². The summed E-state index contributed by atoms with van der Waals surface area (Å²) in [6, 6.07) is 23.5. The Hall–Kier alpha value is -2.41. The molecule has 0 bridgehead atoms. The van der Waals surface area contributed by atoms with E-state index < -0.39 is 10.0 Å². The van der Waals surface area contributed by atoms with Crippen LogP contribution in [0.25, 0.3) is 11.0 Å². The zero-order valence-electron chi connectivity index (χ0n) is 13.9. The van der Waals surface area contributed by atoms with Crippen molar-refractivity contribution in [3.05, 3.63) is 83.9 Å². The lowest BCUT2D eigenvalue weighted by atomic mass is 10.3. The second-order valence-corrected chi connectivity index (χ2v) is 8.93. The summed E-state index contributed by atoms with van der Waals surface area (Å²) in [5.74, 6) is 0. The molecule has 4 nitrogen and oxygen atoms in total. The summed E-state index contributed by atoms with van der Waals surface area (Å²) < 4.78 is 33.8. The van der Waals surface area contributed by atoms with Crippen molar-refractivity contribution in [1.29, 1.82) is 0 Å². The molecule has 136 valence electrons. The summed E-state index contributed by atoms with van der Waals surface area (Å²) in [6.07, 6.45) is 0. The average molecular weight is 416 g/mol. The molecule has 1 aromatic heterocycles. The topological polar surface area (TPSA) is 59.3 Å². The van der Waals surface area contributed by atoms with Crippen LogP contribution in [0.1, 0.15) is 0 Å². The van der Waals surface area contributed by atoms with E-state index in [1.54, 1.807) is 36.4 Å². The Labute approximate surface area is 166 Å². The van der Waals surface area contributed by atoms with Crippen LogP contribution in [0.4, 0.5) is 5.69 Å². The smallest absolute Gasteiger partial charge is 0.295 e. The van der Waals surface area contributed by atoms with Crippen LogP contribution in [0.5, 0.6) is 0 Å². The van der Waals surface area contributed by atoms with Crippen LogP contribution in [0.3, 0.4) is 0 Å². The van der Waals surface area contributed by atoms with E-state index in [-0.39, 0.29) is 5.09 Å². The first-order valence-corrected chi connectivity index (χ1v) is 10.7. The van der Waals surface area contributed by atoms with Gasteiger partial charge in [0.05, 0.1) is 5.69 Å². The molecule has 7 heteroatoms. The number of fused-ring (bicyclic) bond motifs is 1. The van der Waals surface area contributed by atoms with Crippen molar-refractivity contribution in [3.8, 4) is 0 Å². The molecule has 0 spiro atoms. The molecular weight excluding hydrogens is 402 g/mol. The molecule has 0 aliphatic carbocycles. The lowest BCUT2D eigenvalue weighted by molar-refractivity contribution is 0.484. The van der Waals surface area contributed by atoms with Gasteiger partial charge in [-0.25, -0.2) is 0 Å². The quantitative estimate of drug-likeness (QED) is 0.431. The van der Waals surface area contributed by atoms with Gasteiger partial charge in [0, 0.05) is 26.3 Å². The minimum absolute atomic E-state index is 0.140. The first kappa shape index (κ1) is 18.0. The van der Waals surface area contributed by atoms with Gasteiger partial charge in [0.1, 0.15) is 5.58 Å². The van der Waals surface area contributed by atoms with Crippen LogP contribution < -0.4 is 4.72 Å². The number of para-hydroxylation sites is 1. The van der Waals surface area contributed by atoms with Gasteiger partial charge in [-0.05, 0) is 36.4 Å². The molecule has 0 aliphatic rings. The number of furan rings is 1. The van der Waals surface area contributed by atoms with Gasteiger partial charge in [0.25, 0.3) is 10.0 Å². The predicted molar refractivity (Wildman–Crippen MR) is 109 cm³/mol. The number of sulfonamides is 1. The SMILES string of the molecule is O=S(=O)(Nc1cc(Cl)ccc1Sc1ccccc1)c1cc2ccccc2o1. The van der Waals surface area contributed by atoms with Crippen molar-refractivity contribution in [2.45, 2.75) is 14.9 Å². The van der Waals surface area contributed by atoms with Gasteiger partial charge >= 0.3 is 0 Å². The highest BCUT2D eigenvalue weighted by molar-refractivity contribution is 7.99. The fourth-order valence-corrected chi connectivity index (χ4v) is 4.75. The van der Waals surface area contributed by atoms with Gasteiger partial charge < -0.3 is 4.42 Å². The van der Waals surface area contributed by atoms with Gasteiger partial charge in [0.15, 0.2) is 0 Å². The Morgan fingerprint density at radius 2 is 1.63 bits per heavy atom. The van der Waals surface area contributed by atoms with Gasteiger partial charge in [-0.1, -0.05) is 59.8 Å². The second kappa shape index (κ2) is 7.31. The number of hydrogen-bond acceptors (Lipinski definition) is 4. The summed E-state index contributed by atoms with van der Waals surface area (Å²) in [6.45, 7) is 0. The fraction of sp³-hybridized carbons (Fsp3) is 0. The molecule has 0 saturated heterocycles. The summed E-state index contributed by atoms with van der Waals surface area (Å²) >= 11 is 7.54. The number of rotatable bonds is 5. The maximum absolute atomic E-state index is 12.8. The Balaban J connectivity index is 1.69. The molecule has 3 aromatic carbocycles.